The zero-order valence-corrected chi connectivity index (χ0v) is 14.9. The summed E-state index contributed by atoms with van der Waals surface area (Å²) in [5.41, 5.74) is 0.986. The summed E-state index contributed by atoms with van der Waals surface area (Å²) in [6.07, 6.45) is 5.65. The fourth-order valence-corrected chi connectivity index (χ4v) is 3.47. The Balaban J connectivity index is 1.53. The van der Waals surface area contributed by atoms with Gasteiger partial charge in [-0.3, -0.25) is 4.68 Å². The summed E-state index contributed by atoms with van der Waals surface area (Å²) < 4.78 is 17.5. The predicted octanol–water partition coefficient (Wildman–Crippen LogP) is 2.38. The number of hydrogen-bond acceptors (Lipinski definition) is 5. The first kappa shape index (κ1) is 17.1. The highest BCUT2D eigenvalue weighted by Crippen LogP contribution is 2.22. The lowest BCUT2D eigenvalue weighted by Gasteiger charge is -2.22. The number of benzene rings is 1. The molecule has 0 unspecified atom stereocenters. The van der Waals surface area contributed by atoms with Crippen molar-refractivity contribution < 1.29 is 4.39 Å². The van der Waals surface area contributed by atoms with Crippen LogP contribution >= 0.6 is 11.6 Å². The van der Waals surface area contributed by atoms with E-state index in [1.165, 1.54) is 25.2 Å². The summed E-state index contributed by atoms with van der Waals surface area (Å²) in [7, 11) is 0. The van der Waals surface area contributed by atoms with Crippen LogP contribution in [-0.4, -0.2) is 42.8 Å². The average Bonchev–Trinajstić information content (AvgIpc) is 3.28. The van der Waals surface area contributed by atoms with Gasteiger partial charge in [-0.05, 0) is 44.0 Å². The lowest BCUT2D eigenvalue weighted by atomic mass is 10.00. The molecule has 0 aliphatic carbocycles. The minimum Gasteiger partial charge on any atom is -0.316 e. The second kappa shape index (κ2) is 7.51. The minimum absolute atomic E-state index is 0.181. The Morgan fingerprint density at radius 3 is 3.08 bits per heavy atom. The molecule has 0 amide bonds. The first-order valence-electron chi connectivity index (χ1n) is 8.62. The summed E-state index contributed by atoms with van der Waals surface area (Å²) in [4.78, 5) is 4.26. The molecule has 26 heavy (non-hydrogen) atoms. The number of hydrogen-bond donors (Lipinski definition) is 1. The van der Waals surface area contributed by atoms with E-state index in [0.717, 1.165) is 19.6 Å². The third-order valence-electron chi connectivity index (χ3n) is 4.60. The SMILES string of the molecule is Fc1cccc(Cl)c1Cn1ncnc1-c1cn(C[C@@H]2CCCNC2)nn1. The molecule has 0 bridgehead atoms. The van der Waals surface area contributed by atoms with E-state index in [2.05, 4.69) is 25.7 Å². The normalized spacial score (nSPS) is 17.5. The van der Waals surface area contributed by atoms with Crippen LogP contribution in [0.2, 0.25) is 5.02 Å². The molecule has 1 atom stereocenters. The molecule has 3 aromatic rings. The van der Waals surface area contributed by atoms with Gasteiger partial charge in [0.25, 0.3) is 0 Å². The number of nitrogens with one attached hydrogen (secondary N) is 1. The van der Waals surface area contributed by atoms with Gasteiger partial charge in [0.05, 0.1) is 12.7 Å². The first-order chi connectivity index (χ1) is 12.7. The number of aromatic nitrogens is 6. The highest BCUT2D eigenvalue weighted by molar-refractivity contribution is 6.31. The van der Waals surface area contributed by atoms with Gasteiger partial charge in [0.15, 0.2) is 5.82 Å². The zero-order chi connectivity index (χ0) is 17.9. The molecule has 0 radical (unpaired) electrons. The van der Waals surface area contributed by atoms with E-state index in [9.17, 15) is 4.39 Å². The molecule has 9 heteroatoms. The average molecular weight is 376 g/mol. The van der Waals surface area contributed by atoms with Crippen molar-refractivity contribution in [2.75, 3.05) is 13.1 Å². The fraction of sp³-hybridized carbons (Fsp3) is 0.412. The molecule has 1 aromatic carbocycles. The number of nitrogens with zero attached hydrogens (tertiary/aromatic N) is 6. The van der Waals surface area contributed by atoms with E-state index >= 15 is 0 Å². The van der Waals surface area contributed by atoms with Crippen molar-refractivity contribution in [1.82, 2.24) is 35.1 Å². The van der Waals surface area contributed by atoms with Gasteiger partial charge in [0, 0.05) is 17.1 Å². The molecular formula is C17H19ClFN7. The lowest BCUT2D eigenvalue weighted by molar-refractivity contribution is 0.322. The van der Waals surface area contributed by atoms with Gasteiger partial charge in [-0.2, -0.15) is 5.10 Å². The predicted molar refractivity (Wildman–Crippen MR) is 95.1 cm³/mol. The van der Waals surface area contributed by atoms with Crippen LogP contribution in [-0.2, 0) is 13.1 Å². The zero-order valence-electron chi connectivity index (χ0n) is 14.1. The molecule has 136 valence electrons. The van der Waals surface area contributed by atoms with Crippen LogP contribution in [0.25, 0.3) is 11.5 Å². The van der Waals surface area contributed by atoms with Crippen molar-refractivity contribution in [2.24, 2.45) is 5.92 Å². The first-order valence-corrected chi connectivity index (χ1v) is 9.00. The Morgan fingerprint density at radius 1 is 1.35 bits per heavy atom. The molecule has 0 saturated carbocycles. The summed E-state index contributed by atoms with van der Waals surface area (Å²) in [5.74, 6) is 0.720. The van der Waals surface area contributed by atoms with Gasteiger partial charge in [-0.15, -0.1) is 5.10 Å². The van der Waals surface area contributed by atoms with Gasteiger partial charge in [-0.1, -0.05) is 22.9 Å². The second-order valence-electron chi connectivity index (χ2n) is 6.48. The maximum absolute atomic E-state index is 14.1. The molecular weight excluding hydrogens is 357 g/mol. The molecule has 0 spiro atoms. The molecule has 1 aliphatic heterocycles. The monoisotopic (exact) mass is 375 g/mol. The summed E-state index contributed by atoms with van der Waals surface area (Å²) in [5, 5.41) is 16.4. The fourth-order valence-electron chi connectivity index (χ4n) is 3.25. The third kappa shape index (κ3) is 3.61. The van der Waals surface area contributed by atoms with Gasteiger partial charge in [-0.25, -0.2) is 14.1 Å². The Bertz CT molecular complexity index is 865. The Hall–Kier alpha value is -2.32. The Morgan fingerprint density at radius 2 is 2.27 bits per heavy atom. The largest absolute Gasteiger partial charge is 0.316 e. The third-order valence-corrected chi connectivity index (χ3v) is 4.95. The van der Waals surface area contributed by atoms with Crippen molar-refractivity contribution in [1.29, 1.82) is 0 Å². The van der Waals surface area contributed by atoms with Crippen LogP contribution in [0.4, 0.5) is 4.39 Å². The van der Waals surface area contributed by atoms with Gasteiger partial charge in [0.1, 0.15) is 17.8 Å². The van der Waals surface area contributed by atoms with Crippen LogP contribution < -0.4 is 5.32 Å². The highest BCUT2D eigenvalue weighted by atomic mass is 35.5. The Labute approximate surface area is 155 Å². The van der Waals surface area contributed by atoms with Gasteiger partial charge < -0.3 is 5.32 Å². The van der Waals surface area contributed by atoms with Crippen molar-refractivity contribution in [3.05, 3.63) is 47.1 Å². The molecule has 2 aromatic heterocycles. The second-order valence-corrected chi connectivity index (χ2v) is 6.89. The summed E-state index contributed by atoms with van der Waals surface area (Å²) >= 11 is 6.12. The van der Waals surface area contributed by atoms with Gasteiger partial charge >= 0.3 is 0 Å². The van der Waals surface area contributed by atoms with Crippen LogP contribution in [0.1, 0.15) is 18.4 Å². The lowest BCUT2D eigenvalue weighted by Crippen LogP contribution is -2.32. The molecule has 1 aliphatic rings. The van der Waals surface area contributed by atoms with E-state index < -0.39 is 0 Å². The van der Waals surface area contributed by atoms with E-state index in [1.54, 1.807) is 16.8 Å². The van der Waals surface area contributed by atoms with Crippen molar-refractivity contribution in [3.8, 4) is 11.5 Å². The summed E-state index contributed by atoms with van der Waals surface area (Å²) in [6.45, 7) is 3.07. The maximum Gasteiger partial charge on any atom is 0.180 e. The van der Waals surface area contributed by atoms with Crippen LogP contribution in [0.15, 0.2) is 30.7 Å². The number of rotatable bonds is 5. The quantitative estimate of drug-likeness (QED) is 0.741. The molecule has 7 nitrogen and oxygen atoms in total. The molecule has 3 heterocycles. The topological polar surface area (TPSA) is 73.5 Å². The molecule has 1 saturated heterocycles. The Kier molecular flexibility index (Phi) is 4.94. The standard InChI is InChI=1S/C17H19ClFN7/c18-14-4-1-5-15(19)13(14)9-26-17(21-11-22-26)16-10-25(24-23-16)8-12-3-2-6-20-7-12/h1,4-5,10-12,20H,2-3,6-9H2/t12-/m1/s1. The van der Waals surface area contributed by atoms with E-state index in [0.29, 0.717) is 28.0 Å². The van der Waals surface area contributed by atoms with Crippen molar-refractivity contribution >= 4 is 11.6 Å². The molecule has 4 rings (SSSR count). The molecule has 1 N–H and O–H groups in total. The van der Waals surface area contributed by atoms with E-state index in [4.69, 9.17) is 11.6 Å². The van der Waals surface area contributed by atoms with E-state index in [-0.39, 0.29) is 12.4 Å². The van der Waals surface area contributed by atoms with Crippen molar-refractivity contribution in [2.45, 2.75) is 25.9 Å². The summed E-state index contributed by atoms with van der Waals surface area (Å²) in [6, 6.07) is 4.62. The van der Waals surface area contributed by atoms with Crippen LogP contribution in [0.5, 0.6) is 0 Å². The number of halogens is 2. The maximum atomic E-state index is 14.1. The van der Waals surface area contributed by atoms with Crippen molar-refractivity contribution in [3.63, 3.8) is 0 Å². The van der Waals surface area contributed by atoms with Crippen LogP contribution in [0.3, 0.4) is 0 Å². The smallest absolute Gasteiger partial charge is 0.180 e. The van der Waals surface area contributed by atoms with E-state index in [1.807, 2.05) is 10.9 Å². The molecule has 1 fully saturated rings. The van der Waals surface area contributed by atoms with Gasteiger partial charge in [0.2, 0.25) is 0 Å². The number of piperidine rings is 1. The minimum atomic E-state index is -0.368. The highest BCUT2D eigenvalue weighted by Gasteiger charge is 2.17. The van der Waals surface area contributed by atoms with Crippen LogP contribution in [0, 0.1) is 11.7 Å².